The van der Waals surface area contributed by atoms with Gasteiger partial charge in [-0.1, -0.05) is 36.4 Å². The van der Waals surface area contributed by atoms with E-state index in [9.17, 15) is 12.8 Å². The molecule has 1 aliphatic heterocycles. The molecule has 0 saturated heterocycles. The Morgan fingerprint density at radius 2 is 1.86 bits per heavy atom. The molecule has 3 aromatic rings. The van der Waals surface area contributed by atoms with Gasteiger partial charge in [0.05, 0.1) is 18.0 Å². The Balaban J connectivity index is 1.67. The van der Waals surface area contributed by atoms with Crippen LogP contribution < -0.4 is 4.72 Å². The molecule has 0 fully saturated rings. The molecule has 152 valence electrons. The van der Waals surface area contributed by atoms with E-state index >= 15 is 0 Å². The van der Waals surface area contributed by atoms with Gasteiger partial charge in [0.25, 0.3) is 0 Å². The van der Waals surface area contributed by atoms with Crippen LogP contribution in [0.2, 0.25) is 0 Å². The maximum atomic E-state index is 13.6. The van der Waals surface area contributed by atoms with Gasteiger partial charge in [-0.25, -0.2) is 17.5 Å². The Hall–Kier alpha value is -2.51. The smallest absolute Gasteiger partial charge is 0.209 e. The van der Waals surface area contributed by atoms with E-state index in [1.54, 1.807) is 6.07 Å². The number of hydrogen-bond donors (Lipinski definition) is 1. The van der Waals surface area contributed by atoms with Crippen molar-refractivity contribution in [3.05, 3.63) is 77.4 Å². The predicted octanol–water partition coefficient (Wildman–Crippen LogP) is 3.65. The topological polar surface area (TPSA) is 64.0 Å². The van der Waals surface area contributed by atoms with E-state index in [-0.39, 0.29) is 17.9 Å². The van der Waals surface area contributed by atoms with Crippen LogP contribution in [0.25, 0.3) is 11.1 Å². The van der Waals surface area contributed by atoms with E-state index in [1.165, 1.54) is 18.4 Å². The van der Waals surface area contributed by atoms with Gasteiger partial charge in [0.15, 0.2) is 0 Å². The van der Waals surface area contributed by atoms with Crippen LogP contribution in [-0.4, -0.2) is 30.5 Å². The molecule has 5 nitrogen and oxygen atoms in total. The van der Waals surface area contributed by atoms with Crippen LogP contribution in [0.1, 0.15) is 29.4 Å². The summed E-state index contributed by atoms with van der Waals surface area (Å²) in [6.45, 7) is 1.95. The van der Waals surface area contributed by atoms with Gasteiger partial charge in [0.1, 0.15) is 5.82 Å². The zero-order valence-corrected chi connectivity index (χ0v) is 17.3. The zero-order chi connectivity index (χ0) is 20.6. The molecule has 7 heteroatoms. The second kappa shape index (κ2) is 7.72. The van der Waals surface area contributed by atoms with Crippen LogP contribution in [0, 0.1) is 12.7 Å². The maximum absolute atomic E-state index is 13.6. The van der Waals surface area contributed by atoms with Crippen LogP contribution in [0.4, 0.5) is 4.39 Å². The Kier molecular flexibility index (Phi) is 5.27. The number of halogens is 1. The highest BCUT2D eigenvalue weighted by Gasteiger charge is 2.32. The van der Waals surface area contributed by atoms with Gasteiger partial charge in [-0.05, 0) is 61.1 Å². The van der Waals surface area contributed by atoms with E-state index in [0.717, 1.165) is 40.9 Å². The molecule has 0 unspecified atom stereocenters. The second-order valence-electron chi connectivity index (χ2n) is 7.74. The minimum Gasteiger partial charge on any atom is -0.264 e. The van der Waals surface area contributed by atoms with Crippen molar-refractivity contribution in [2.45, 2.75) is 38.3 Å². The molecule has 2 atom stereocenters. The minimum absolute atomic E-state index is 0.120. The van der Waals surface area contributed by atoms with E-state index in [4.69, 9.17) is 0 Å². The second-order valence-corrected chi connectivity index (χ2v) is 9.52. The van der Waals surface area contributed by atoms with Gasteiger partial charge in [0.2, 0.25) is 10.0 Å². The lowest BCUT2D eigenvalue weighted by Crippen LogP contribution is -2.45. The number of benzene rings is 2. The zero-order valence-electron chi connectivity index (χ0n) is 16.5. The summed E-state index contributed by atoms with van der Waals surface area (Å²) in [4.78, 5) is 0. The average molecular weight is 414 g/mol. The van der Waals surface area contributed by atoms with Crippen LogP contribution >= 0.6 is 0 Å². The van der Waals surface area contributed by atoms with E-state index in [1.807, 2.05) is 41.9 Å². The molecule has 4 rings (SSSR count). The molecule has 2 heterocycles. The number of nitrogens with zero attached hydrogens (tertiary/aromatic N) is 2. The van der Waals surface area contributed by atoms with Crippen molar-refractivity contribution in [1.82, 2.24) is 14.5 Å². The largest absolute Gasteiger partial charge is 0.264 e. The molecule has 0 amide bonds. The first-order valence-corrected chi connectivity index (χ1v) is 11.5. The van der Waals surface area contributed by atoms with Crippen molar-refractivity contribution < 1.29 is 12.8 Å². The molecular weight excluding hydrogens is 389 g/mol. The molecule has 0 aliphatic carbocycles. The number of aromatic nitrogens is 2. The van der Waals surface area contributed by atoms with Gasteiger partial charge in [0, 0.05) is 11.7 Å². The van der Waals surface area contributed by atoms with E-state index in [0.29, 0.717) is 6.42 Å². The summed E-state index contributed by atoms with van der Waals surface area (Å²) in [5, 5.41) is 4.63. The Morgan fingerprint density at radius 1 is 1.14 bits per heavy atom. The number of sulfonamides is 1. The number of rotatable bonds is 5. The van der Waals surface area contributed by atoms with Crippen molar-refractivity contribution >= 4 is 10.0 Å². The molecule has 0 saturated carbocycles. The normalized spacial score (nSPS) is 19.1. The SMILES string of the molecule is Cc1cc2n(n1)[C@@H](Cc1cccc(-c3cccc(F)c3)c1)[C@@H](NS(C)(=O)=O)CC2. The molecule has 1 N–H and O–H groups in total. The lowest BCUT2D eigenvalue weighted by molar-refractivity contribution is 0.299. The van der Waals surface area contributed by atoms with E-state index in [2.05, 4.69) is 15.9 Å². The van der Waals surface area contributed by atoms with Crippen molar-refractivity contribution in [1.29, 1.82) is 0 Å². The monoisotopic (exact) mass is 413 g/mol. The first-order chi connectivity index (χ1) is 13.8. The first-order valence-electron chi connectivity index (χ1n) is 9.66. The van der Waals surface area contributed by atoms with Crippen LogP contribution in [0.15, 0.2) is 54.6 Å². The summed E-state index contributed by atoms with van der Waals surface area (Å²) in [7, 11) is -3.33. The quantitative estimate of drug-likeness (QED) is 0.695. The number of aryl methyl sites for hydroxylation is 2. The first kappa shape index (κ1) is 19.8. The molecule has 2 aromatic carbocycles. The van der Waals surface area contributed by atoms with Gasteiger partial charge in [-0.2, -0.15) is 5.10 Å². The Labute approximate surface area is 170 Å². The fraction of sp³-hybridized carbons (Fsp3) is 0.318. The third-order valence-corrected chi connectivity index (χ3v) is 6.05. The van der Waals surface area contributed by atoms with Gasteiger partial charge < -0.3 is 0 Å². The average Bonchev–Trinajstić information content (AvgIpc) is 3.04. The summed E-state index contributed by atoms with van der Waals surface area (Å²) in [6, 6.07) is 16.2. The van der Waals surface area contributed by atoms with Crippen molar-refractivity contribution in [3.8, 4) is 11.1 Å². The standard InChI is InChI=1S/C22H24FN3O2S/c1-15-11-20-9-10-21(25-29(2,27)28)22(26(20)24-15)13-16-5-3-6-17(12-16)18-7-4-8-19(23)14-18/h3-8,11-12,14,21-22,25H,9-10,13H2,1-2H3/t21-,22-/m0/s1. The minimum atomic E-state index is -3.33. The Morgan fingerprint density at radius 3 is 2.59 bits per heavy atom. The number of fused-ring (bicyclic) bond motifs is 1. The summed E-state index contributed by atoms with van der Waals surface area (Å²) in [5.74, 6) is -0.269. The summed E-state index contributed by atoms with van der Waals surface area (Å²) < 4.78 is 42.2. The van der Waals surface area contributed by atoms with Crippen LogP contribution in [0.3, 0.4) is 0 Å². The molecule has 1 aliphatic rings. The molecule has 0 bridgehead atoms. The predicted molar refractivity (Wildman–Crippen MR) is 112 cm³/mol. The lowest BCUT2D eigenvalue weighted by atomic mass is 9.91. The van der Waals surface area contributed by atoms with Gasteiger partial charge in [-0.3, -0.25) is 4.68 Å². The van der Waals surface area contributed by atoms with E-state index < -0.39 is 10.0 Å². The highest BCUT2D eigenvalue weighted by atomic mass is 32.2. The molecule has 0 radical (unpaired) electrons. The third kappa shape index (κ3) is 4.57. The third-order valence-electron chi connectivity index (χ3n) is 5.32. The molecular formula is C22H24FN3O2S. The molecule has 0 spiro atoms. The molecule has 29 heavy (non-hydrogen) atoms. The van der Waals surface area contributed by atoms with Crippen molar-refractivity contribution in [3.63, 3.8) is 0 Å². The van der Waals surface area contributed by atoms with Gasteiger partial charge in [-0.15, -0.1) is 0 Å². The fourth-order valence-electron chi connectivity index (χ4n) is 4.14. The summed E-state index contributed by atoms with van der Waals surface area (Å²) in [5.41, 5.74) is 4.86. The van der Waals surface area contributed by atoms with Gasteiger partial charge >= 0.3 is 0 Å². The number of nitrogens with one attached hydrogen (secondary N) is 1. The number of hydrogen-bond acceptors (Lipinski definition) is 3. The summed E-state index contributed by atoms with van der Waals surface area (Å²) in [6.07, 6.45) is 3.34. The highest BCUT2D eigenvalue weighted by molar-refractivity contribution is 7.88. The highest BCUT2D eigenvalue weighted by Crippen LogP contribution is 2.30. The van der Waals surface area contributed by atoms with Crippen LogP contribution in [0.5, 0.6) is 0 Å². The maximum Gasteiger partial charge on any atom is 0.209 e. The molecule has 1 aromatic heterocycles. The fourth-order valence-corrected chi connectivity index (χ4v) is 4.96. The lowest BCUT2D eigenvalue weighted by Gasteiger charge is -2.33. The van der Waals surface area contributed by atoms with Crippen LogP contribution in [-0.2, 0) is 22.9 Å². The summed E-state index contributed by atoms with van der Waals surface area (Å²) >= 11 is 0. The van der Waals surface area contributed by atoms with Crippen molar-refractivity contribution in [2.75, 3.05) is 6.26 Å². The van der Waals surface area contributed by atoms with Crippen molar-refractivity contribution in [2.24, 2.45) is 0 Å². The Bertz CT molecular complexity index is 1140.